The summed E-state index contributed by atoms with van der Waals surface area (Å²) in [7, 11) is -3.82. The van der Waals surface area contributed by atoms with E-state index < -0.39 is 16.1 Å². The van der Waals surface area contributed by atoms with Crippen molar-refractivity contribution in [3.8, 4) is 11.3 Å². The van der Waals surface area contributed by atoms with E-state index in [1.807, 2.05) is 43.5 Å². The first kappa shape index (κ1) is 22.7. The zero-order valence-corrected chi connectivity index (χ0v) is 19.7. The molecule has 0 saturated carbocycles. The molecule has 0 spiro atoms. The van der Waals surface area contributed by atoms with Gasteiger partial charge in [-0.15, -0.1) is 10.2 Å². The van der Waals surface area contributed by atoms with Gasteiger partial charge in [-0.05, 0) is 31.2 Å². The molecule has 2 aromatic heterocycles. The number of aliphatic hydroxyl groups is 1. The van der Waals surface area contributed by atoms with E-state index in [2.05, 4.69) is 14.9 Å². The van der Waals surface area contributed by atoms with Gasteiger partial charge in [0.25, 0.3) is 0 Å². The van der Waals surface area contributed by atoms with Crippen LogP contribution in [0.5, 0.6) is 0 Å². The fourth-order valence-corrected chi connectivity index (χ4v) is 5.64. The third-order valence-corrected chi connectivity index (χ3v) is 7.60. The van der Waals surface area contributed by atoms with Crippen LogP contribution in [0, 0.1) is 6.92 Å². The third-order valence-electron chi connectivity index (χ3n) is 5.39. The van der Waals surface area contributed by atoms with Crippen LogP contribution in [0.1, 0.15) is 24.7 Å². The van der Waals surface area contributed by atoms with Crippen LogP contribution in [0.25, 0.3) is 27.7 Å². The van der Waals surface area contributed by atoms with Crippen LogP contribution in [-0.2, 0) is 15.8 Å². The van der Waals surface area contributed by atoms with E-state index in [0.717, 1.165) is 16.6 Å². The van der Waals surface area contributed by atoms with Crippen molar-refractivity contribution in [1.29, 1.82) is 0 Å². The van der Waals surface area contributed by atoms with Crippen molar-refractivity contribution in [1.82, 2.24) is 24.5 Å². The van der Waals surface area contributed by atoms with Crippen molar-refractivity contribution in [2.75, 3.05) is 12.9 Å². The molecule has 4 rings (SSSR count). The molecule has 2 N–H and O–H groups in total. The molecule has 0 aliphatic heterocycles. The summed E-state index contributed by atoms with van der Waals surface area (Å²) in [5.74, 6) is 1.39. The molecule has 0 bridgehead atoms. The van der Waals surface area contributed by atoms with Gasteiger partial charge in [0.2, 0.25) is 10.0 Å². The zero-order chi connectivity index (χ0) is 22.9. The highest BCUT2D eigenvalue weighted by Crippen LogP contribution is 2.31. The van der Waals surface area contributed by atoms with Gasteiger partial charge in [0.15, 0.2) is 11.5 Å². The van der Waals surface area contributed by atoms with E-state index in [4.69, 9.17) is 5.10 Å². The number of aromatic nitrogens is 4. The Morgan fingerprint density at radius 3 is 2.59 bits per heavy atom. The Morgan fingerprint density at radius 1 is 1.16 bits per heavy atom. The predicted octanol–water partition coefficient (Wildman–Crippen LogP) is 3.17. The van der Waals surface area contributed by atoms with Crippen molar-refractivity contribution in [3.05, 3.63) is 53.9 Å². The molecule has 168 valence electrons. The van der Waals surface area contributed by atoms with Gasteiger partial charge in [0.1, 0.15) is 0 Å². The second-order valence-electron chi connectivity index (χ2n) is 7.57. The maximum Gasteiger partial charge on any atom is 0.241 e. The van der Waals surface area contributed by atoms with Crippen molar-refractivity contribution < 1.29 is 13.5 Å². The largest absolute Gasteiger partial charge is 0.395 e. The van der Waals surface area contributed by atoms with E-state index in [9.17, 15) is 13.5 Å². The molecule has 0 aliphatic rings. The molecule has 1 unspecified atom stereocenters. The number of thioether (sulfide) groups is 1. The molecule has 0 saturated heterocycles. The topological polar surface area (TPSA) is 109 Å². The summed E-state index contributed by atoms with van der Waals surface area (Å²) < 4.78 is 30.5. The number of rotatable bonds is 8. The summed E-state index contributed by atoms with van der Waals surface area (Å²) >= 11 is 1.63. The van der Waals surface area contributed by atoms with E-state index in [1.165, 1.54) is 0 Å². The Kier molecular flexibility index (Phi) is 6.47. The van der Waals surface area contributed by atoms with Crippen molar-refractivity contribution in [2.45, 2.75) is 37.0 Å². The molecule has 8 nitrogen and oxygen atoms in total. The van der Waals surface area contributed by atoms with E-state index >= 15 is 0 Å². The van der Waals surface area contributed by atoms with Crippen LogP contribution in [0.15, 0.2) is 47.4 Å². The van der Waals surface area contributed by atoms with Crippen LogP contribution >= 0.6 is 11.8 Å². The maximum atomic E-state index is 13.1. The minimum atomic E-state index is -3.82. The zero-order valence-electron chi connectivity index (χ0n) is 18.1. The molecule has 1 atom stereocenters. The van der Waals surface area contributed by atoms with Gasteiger partial charge >= 0.3 is 0 Å². The summed E-state index contributed by atoms with van der Waals surface area (Å²) in [6, 6.07) is 12.5. The third kappa shape index (κ3) is 4.11. The number of benzene rings is 2. The van der Waals surface area contributed by atoms with E-state index in [-0.39, 0.29) is 11.5 Å². The van der Waals surface area contributed by atoms with Gasteiger partial charge in [0, 0.05) is 22.4 Å². The van der Waals surface area contributed by atoms with Gasteiger partial charge in [-0.1, -0.05) is 43.3 Å². The van der Waals surface area contributed by atoms with Gasteiger partial charge in [-0.3, -0.25) is 0 Å². The fraction of sp³-hybridized carbons (Fsp3) is 0.318. The first-order chi connectivity index (χ1) is 15.4. The number of sulfonamides is 1. The molecule has 10 heteroatoms. The number of fused-ring (bicyclic) bond motifs is 3. The minimum absolute atomic E-state index is 0.168. The highest BCUT2D eigenvalue weighted by atomic mass is 32.2. The molecule has 2 aromatic carbocycles. The number of hydrogen-bond donors (Lipinski definition) is 2. The molecule has 0 amide bonds. The summed E-state index contributed by atoms with van der Waals surface area (Å²) in [6.07, 6.45) is 2.48. The van der Waals surface area contributed by atoms with Gasteiger partial charge in [-0.25, -0.2) is 13.1 Å². The SMILES string of the molecule is CCC(CO)NS(=O)(=O)c1cc(-c2nn3c(CSC)nnc3c3ccccc23)ccc1C. The maximum absolute atomic E-state index is 13.1. The Balaban J connectivity index is 1.93. The average molecular weight is 472 g/mol. The number of aryl methyl sites for hydroxylation is 1. The van der Waals surface area contributed by atoms with Crippen LogP contribution in [0.4, 0.5) is 0 Å². The summed E-state index contributed by atoms with van der Waals surface area (Å²) in [5.41, 5.74) is 2.62. The molecular weight excluding hydrogens is 446 g/mol. The Hall–Kier alpha value is -2.53. The molecule has 0 aliphatic carbocycles. The summed E-state index contributed by atoms with van der Waals surface area (Å²) in [5, 5.41) is 24.7. The van der Waals surface area contributed by atoms with Gasteiger partial charge < -0.3 is 5.11 Å². The lowest BCUT2D eigenvalue weighted by Gasteiger charge is -2.17. The Labute approximate surface area is 191 Å². The second kappa shape index (κ2) is 9.14. The number of aliphatic hydroxyl groups excluding tert-OH is 1. The Morgan fingerprint density at radius 2 is 1.91 bits per heavy atom. The van der Waals surface area contributed by atoms with Crippen LogP contribution in [0.3, 0.4) is 0 Å². The molecule has 4 aromatic rings. The average Bonchev–Trinajstić information content (AvgIpc) is 3.20. The summed E-state index contributed by atoms with van der Waals surface area (Å²) in [4.78, 5) is 0.168. The fourth-order valence-electron chi connectivity index (χ4n) is 3.63. The Bertz CT molecular complexity index is 1380. The smallest absolute Gasteiger partial charge is 0.241 e. The predicted molar refractivity (Wildman–Crippen MR) is 127 cm³/mol. The van der Waals surface area contributed by atoms with Crippen LogP contribution in [0.2, 0.25) is 0 Å². The molecule has 32 heavy (non-hydrogen) atoms. The van der Waals surface area contributed by atoms with Crippen molar-refractivity contribution in [2.24, 2.45) is 0 Å². The normalized spacial score (nSPS) is 13.1. The minimum Gasteiger partial charge on any atom is -0.395 e. The molecule has 0 radical (unpaired) electrons. The number of hydrogen-bond acceptors (Lipinski definition) is 7. The van der Waals surface area contributed by atoms with Crippen molar-refractivity contribution >= 4 is 38.2 Å². The lowest BCUT2D eigenvalue weighted by atomic mass is 10.0. The molecular formula is C22H25N5O3S2. The van der Waals surface area contributed by atoms with Crippen molar-refractivity contribution in [3.63, 3.8) is 0 Å². The first-order valence-electron chi connectivity index (χ1n) is 10.3. The molecule has 2 heterocycles. The van der Waals surface area contributed by atoms with Gasteiger partial charge in [0.05, 0.1) is 22.9 Å². The monoisotopic (exact) mass is 471 g/mol. The number of nitrogens with one attached hydrogen (secondary N) is 1. The highest BCUT2D eigenvalue weighted by molar-refractivity contribution is 7.97. The quantitative estimate of drug-likeness (QED) is 0.406. The molecule has 0 fully saturated rings. The van der Waals surface area contributed by atoms with E-state index in [0.29, 0.717) is 34.6 Å². The van der Waals surface area contributed by atoms with Crippen LogP contribution in [-0.4, -0.2) is 52.2 Å². The highest BCUT2D eigenvalue weighted by Gasteiger charge is 2.22. The van der Waals surface area contributed by atoms with Crippen LogP contribution < -0.4 is 4.72 Å². The second-order valence-corrected chi connectivity index (χ2v) is 10.1. The lowest BCUT2D eigenvalue weighted by molar-refractivity contribution is 0.254. The van der Waals surface area contributed by atoms with E-state index in [1.54, 1.807) is 35.3 Å². The summed E-state index contributed by atoms with van der Waals surface area (Å²) in [6.45, 7) is 3.32. The lowest BCUT2D eigenvalue weighted by Crippen LogP contribution is -2.37. The van der Waals surface area contributed by atoms with Gasteiger partial charge in [-0.2, -0.15) is 21.4 Å². The number of nitrogens with zero attached hydrogens (tertiary/aromatic N) is 4. The first-order valence-corrected chi connectivity index (χ1v) is 13.1. The standard InChI is InChI=1S/C22H25N5O3S2/c1-4-16(12-28)26-32(29,30)19-11-15(10-9-14(19)2)21-17-7-5-6-8-18(17)22-24-23-20(13-31-3)27(22)25-21/h5-11,16,26,28H,4,12-13H2,1-3H3.